The monoisotopic (exact) mass is 323 g/mol. The van der Waals surface area contributed by atoms with Gasteiger partial charge in [-0.3, -0.25) is 4.79 Å². The number of amides is 1. The zero-order valence-corrected chi connectivity index (χ0v) is 14.1. The predicted octanol–water partition coefficient (Wildman–Crippen LogP) is 2.71. The third-order valence-electron chi connectivity index (χ3n) is 2.89. The number of aromatic nitrogens is 1. The Labute approximate surface area is 136 Å². The van der Waals surface area contributed by atoms with Crippen molar-refractivity contribution in [2.24, 2.45) is 0 Å². The van der Waals surface area contributed by atoms with Crippen LogP contribution in [0.5, 0.6) is 0 Å². The van der Waals surface area contributed by atoms with Gasteiger partial charge in [-0.15, -0.1) is 6.42 Å². The van der Waals surface area contributed by atoms with Crippen LogP contribution in [0.4, 0.5) is 5.82 Å². The van der Waals surface area contributed by atoms with Gasteiger partial charge in [0.2, 0.25) is 0 Å². The molecule has 1 heterocycles. The quantitative estimate of drug-likeness (QED) is 0.757. The first kappa shape index (κ1) is 18.3. The van der Waals surface area contributed by atoms with Crippen molar-refractivity contribution >= 4 is 23.3 Å². The number of hydrogen-bond donors (Lipinski definition) is 2. The lowest BCUT2D eigenvalue weighted by molar-refractivity contribution is 0.0852. The third-order valence-corrected chi connectivity index (χ3v) is 3.10. The number of anilines is 1. The molecule has 6 heteroatoms. The molecule has 120 valence electrons. The SMILES string of the molecule is C#CC(C)(C)NC(=O)c1cc(Cl)cnc1NCC(C)OCC. The van der Waals surface area contributed by atoms with Crippen LogP contribution in [0.25, 0.3) is 0 Å². The van der Waals surface area contributed by atoms with Gasteiger partial charge in [0.05, 0.1) is 22.2 Å². The molecule has 2 N–H and O–H groups in total. The Morgan fingerprint density at radius 3 is 2.86 bits per heavy atom. The number of rotatable bonds is 7. The van der Waals surface area contributed by atoms with E-state index in [1.165, 1.54) is 6.20 Å². The average molecular weight is 324 g/mol. The van der Waals surface area contributed by atoms with Crippen LogP contribution in [-0.2, 0) is 4.74 Å². The normalized spacial score (nSPS) is 12.4. The molecule has 0 aliphatic carbocycles. The summed E-state index contributed by atoms with van der Waals surface area (Å²) in [5.41, 5.74) is -0.408. The lowest BCUT2D eigenvalue weighted by Crippen LogP contribution is -2.42. The first-order valence-electron chi connectivity index (χ1n) is 7.10. The Balaban J connectivity index is 2.91. The van der Waals surface area contributed by atoms with E-state index in [0.717, 1.165) is 0 Å². The number of terminal acetylenes is 1. The Morgan fingerprint density at radius 2 is 2.27 bits per heavy atom. The predicted molar refractivity (Wildman–Crippen MR) is 89.2 cm³/mol. The molecule has 0 aliphatic heterocycles. The van der Waals surface area contributed by atoms with E-state index < -0.39 is 5.54 Å². The van der Waals surface area contributed by atoms with Gasteiger partial charge in [-0.2, -0.15) is 0 Å². The van der Waals surface area contributed by atoms with Gasteiger partial charge in [0.1, 0.15) is 5.82 Å². The molecule has 0 aliphatic rings. The van der Waals surface area contributed by atoms with E-state index in [1.54, 1.807) is 19.9 Å². The van der Waals surface area contributed by atoms with Gasteiger partial charge in [-0.05, 0) is 33.8 Å². The second-order valence-electron chi connectivity index (χ2n) is 5.42. The van der Waals surface area contributed by atoms with Crippen LogP contribution < -0.4 is 10.6 Å². The van der Waals surface area contributed by atoms with E-state index in [1.807, 2.05) is 13.8 Å². The van der Waals surface area contributed by atoms with Crippen LogP contribution in [-0.4, -0.2) is 35.7 Å². The second kappa shape index (κ2) is 8.02. The fourth-order valence-corrected chi connectivity index (χ4v) is 1.88. The molecule has 0 fully saturated rings. The van der Waals surface area contributed by atoms with Gasteiger partial charge in [0.15, 0.2) is 0 Å². The standard InChI is InChI=1S/C16H22ClN3O2/c1-6-16(4,5)20-15(21)13-8-12(17)10-19-14(13)18-9-11(3)22-7-2/h1,8,10-11H,7,9H2,2-5H3,(H,18,19)(H,20,21). The number of carbonyl (C=O) groups excluding carboxylic acids is 1. The first-order valence-corrected chi connectivity index (χ1v) is 7.48. The number of halogens is 1. The van der Waals surface area contributed by atoms with Crippen molar-refractivity contribution in [2.75, 3.05) is 18.5 Å². The lowest BCUT2D eigenvalue weighted by atomic mass is 10.1. The summed E-state index contributed by atoms with van der Waals surface area (Å²) in [5, 5.41) is 6.24. The van der Waals surface area contributed by atoms with Crippen LogP contribution in [0.3, 0.4) is 0 Å². The molecule has 0 radical (unpaired) electrons. The molecule has 0 bridgehead atoms. The Hall–Kier alpha value is -1.77. The van der Waals surface area contributed by atoms with Crippen LogP contribution in [0.1, 0.15) is 38.1 Å². The van der Waals surface area contributed by atoms with Crippen molar-refractivity contribution < 1.29 is 9.53 Å². The molecule has 1 rings (SSSR count). The molecule has 1 aromatic heterocycles. The van der Waals surface area contributed by atoms with Crippen molar-refractivity contribution in [3.63, 3.8) is 0 Å². The smallest absolute Gasteiger partial charge is 0.256 e. The third kappa shape index (κ3) is 5.55. The summed E-state index contributed by atoms with van der Waals surface area (Å²) in [6, 6.07) is 1.56. The van der Waals surface area contributed by atoms with Crippen molar-refractivity contribution in [3.05, 3.63) is 22.8 Å². The maximum Gasteiger partial charge on any atom is 0.256 e. The minimum Gasteiger partial charge on any atom is -0.377 e. The number of hydrogen-bond acceptors (Lipinski definition) is 4. The van der Waals surface area contributed by atoms with Crippen molar-refractivity contribution in [3.8, 4) is 12.3 Å². The number of carbonyl (C=O) groups is 1. The second-order valence-corrected chi connectivity index (χ2v) is 5.86. The first-order chi connectivity index (χ1) is 10.3. The molecule has 0 saturated heterocycles. The largest absolute Gasteiger partial charge is 0.377 e. The summed E-state index contributed by atoms with van der Waals surface area (Å²) in [6.45, 7) is 8.51. The van der Waals surface area contributed by atoms with Gasteiger partial charge >= 0.3 is 0 Å². The zero-order valence-electron chi connectivity index (χ0n) is 13.4. The van der Waals surface area contributed by atoms with Gasteiger partial charge in [-0.1, -0.05) is 17.5 Å². The number of nitrogens with zero attached hydrogens (tertiary/aromatic N) is 1. The summed E-state index contributed by atoms with van der Waals surface area (Å²) < 4.78 is 5.44. The lowest BCUT2D eigenvalue weighted by Gasteiger charge is -2.21. The van der Waals surface area contributed by atoms with E-state index in [4.69, 9.17) is 22.8 Å². The fourth-order valence-electron chi connectivity index (χ4n) is 1.72. The highest BCUT2D eigenvalue weighted by Gasteiger charge is 2.21. The molecule has 0 spiro atoms. The maximum atomic E-state index is 12.4. The van der Waals surface area contributed by atoms with Gasteiger partial charge in [-0.25, -0.2) is 4.98 Å². The molecule has 1 aromatic rings. The van der Waals surface area contributed by atoms with E-state index in [2.05, 4.69) is 21.5 Å². The van der Waals surface area contributed by atoms with Gasteiger partial charge < -0.3 is 15.4 Å². The molecular weight excluding hydrogens is 302 g/mol. The molecular formula is C16H22ClN3O2. The summed E-state index contributed by atoms with van der Waals surface area (Å²) in [7, 11) is 0. The summed E-state index contributed by atoms with van der Waals surface area (Å²) >= 11 is 5.94. The van der Waals surface area contributed by atoms with Crippen molar-refractivity contribution in [2.45, 2.75) is 39.3 Å². The van der Waals surface area contributed by atoms with E-state index in [0.29, 0.717) is 29.6 Å². The van der Waals surface area contributed by atoms with E-state index in [9.17, 15) is 4.79 Å². The minimum absolute atomic E-state index is 0.000499. The molecule has 1 amide bonds. The summed E-state index contributed by atoms with van der Waals surface area (Å²) in [6.07, 6.45) is 6.88. The molecule has 0 aromatic carbocycles. The molecule has 5 nitrogen and oxygen atoms in total. The van der Waals surface area contributed by atoms with Crippen LogP contribution in [0.2, 0.25) is 5.02 Å². The Bertz CT molecular complexity index is 567. The molecule has 0 saturated carbocycles. The summed E-state index contributed by atoms with van der Waals surface area (Å²) in [5.74, 6) is 2.63. The number of nitrogens with one attached hydrogen (secondary N) is 2. The fraction of sp³-hybridized carbons (Fsp3) is 0.500. The topological polar surface area (TPSA) is 63.2 Å². The molecule has 1 atom stereocenters. The highest BCUT2D eigenvalue weighted by Crippen LogP contribution is 2.18. The van der Waals surface area contributed by atoms with E-state index in [-0.39, 0.29) is 12.0 Å². The van der Waals surface area contributed by atoms with Crippen LogP contribution in [0.15, 0.2) is 12.3 Å². The maximum absolute atomic E-state index is 12.4. The Morgan fingerprint density at radius 1 is 1.59 bits per heavy atom. The highest BCUT2D eigenvalue weighted by molar-refractivity contribution is 6.31. The minimum atomic E-state index is -0.755. The van der Waals surface area contributed by atoms with Crippen molar-refractivity contribution in [1.82, 2.24) is 10.3 Å². The van der Waals surface area contributed by atoms with Gasteiger partial charge in [0, 0.05) is 19.3 Å². The van der Waals surface area contributed by atoms with Crippen molar-refractivity contribution in [1.29, 1.82) is 0 Å². The molecule has 22 heavy (non-hydrogen) atoms. The van der Waals surface area contributed by atoms with Crippen LogP contribution in [0, 0.1) is 12.3 Å². The Kier molecular flexibility index (Phi) is 6.66. The zero-order chi connectivity index (χ0) is 16.8. The molecule has 1 unspecified atom stereocenters. The van der Waals surface area contributed by atoms with Gasteiger partial charge in [0.25, 0.3) is 5.91 Å². The highest BCUT2D eigenvalue weighted by atomic mass is 35.5. The number of pyridine rings is 1. The average Bonchev–Trinajstić information content (AvgIpc) is 2.45. The number of ether oxygens (including phenoxy) is 1. The summed E-state index contributed by atoms with van der Waals surface area (Å²) in [4.78, 5) is 16.6. The van der Waals surface area contributed by atoms with Crippen LogP contribution >= 0.6 is 11.6 Å². The van der Waals surface area contributed by atoms with E-state index >= 15 is 0 Å².